The number of halogens is 2. The maximum Gasteiger partial charge on any atom is 0.129 e. The van der Waals surface area contributed by atoms with Gasteiger partial charge < -0.3 is 10.0 Å². The van der Waals surface area contributed by atoms with E-state index in [9.17, 15) is 13.9 Å². The van der Waals surface area contributed by atoms with Gasteiger partial charge in [0.2, 0.25) is 0 Å². The third-order valence-corrected chi connectivity index (χ3v) is 3.89. The van der Waals surface area contributed by atoms with Crippen molar-refractivity contribution in [3.8, 4) is 0 Å². The molecule has 0 unspecified atom stereocenters. The van der Waals surface area contributed by atoms with Gasteiger partial charge >= 0.3 is 0 Å². The van der Waals surface area contributed by atoms with Crippen LogP contribution in [0.25, 0.3) is 0 Å². The van der Waals surface area contributed by atoms with Crippen molar-refractivity contribution in [2.75, 3.05) is 19.6 Å². The topological polar surface area (TPSA) is 23.5 Å². The van der Waals surface area contributed by atoms with E-state index in [1.54, 1.807) is 0 Å². The van der Waals surface area contributed by atoms with Crippen LogP contribution >= 0.6 is 0 Å². The monoisotopic (exact) mass is 269 g/mol. The fraction of sp³-hybridized carbons (Fsp3) is 0.600. The van der Waals surface area contributed by atoms with Crippen molar-refractivity contribution in [3.63, 3.8) is 0 Å². The molecule has 1 aliphatic rings. The zero-order chi connectivity index (χ0) is 13.9. The highest BCUT2D eigenvalue weighted by Gasteiger charge is 2.33. The molecule has 1 fully saturated rings. The van der Waals surface area contributed by atoms with E-state index in [2.05, 4.69) is 11.8 Å². The molecule has 0 bridgehead atoms. The molecule has 0 saturated carbocycles. The molecule has 1 aromatic rings. The molecule has 0 radical (unpaired) electrons. The fourth-order valence-electron chi connectivity index (χ4n) is 2.72. The summed E-state index contributed by atoms with van der Waals surface area (Å²) in [6, 6.07) is 3.84. The Kier molecular flexibility index (Phi) is 4.53. The average molecular weight is 269 g/mol. The second-order valence-electron chi connectivity index (χ2n) is 5.44. The van der Waals surface area contributed by atoms with E-state index in [-0.39, 0.29) is 12.0 Å². The Morgan fingerprint density at radius 2 is 1.79 bits per heavy atom. The SMILES string of the molecule is CCCN1CCC(O)(Cc2c(F)cccc2F)CC1. The van der Waals surface area contributed by atoms with Crippen LogP contribution in [-0.2, 0) is 6.42 Å². The summed E-state index contributed by atoms with van der Waals surface area (Å²) >= 11 is 0. The minimum atomic E-state index is -0.979. The summed E-state index contributed by atoms with van der Waals surface area (Å²) in [5.41, 5.74) is -0.971. The molecule has 0 spiro atoms. The van der Waals surface area contributed by atoms with Gasteiger partial charge in [0.05, 0.1) is 5.60 Å². The molecule has 1 N–H and O–H groups in total. The number of benzene rings is 1. The highest BCUT2D eigenvalue weighted by molar-refractivity contribution is 5.22. The maximum absolute atomic E-state index is 13.6. The quantitative estimate of drug-likeness (QED) is 0.908. The predicted octanol–water partition coefficient (Wildman–Crippen LogP) is 2.74. The number of hydrogen-bond acceptors (Lipinski definition) is 2. The van der Waals surface area contributed by atoms with E-state index in [4.69, 9.17) is 0 Å². The van der Waals surface area contributed by atoms with Crippen LogP contribution in [0.3, 0.4) is 0 Å². The molecule has 106 valence electrons. The van der Waals surface area contributed by atoms with Crippen molar-refractivity contribution in [3.05, 3.63) is 35.4 Å². The van der Waals surface area contributed by atoms with E-state index >= 15 is 0 Å². The van der Waals surface area contributed by atoms with Gasteiger partial charge in [-0.25, -0.2) is 8.78 Å². The lowest BCUT2D eigenvalue weighted by atomic mass is 9.85. The maximum atomic E-state index is 13.6. The molecule has 1 aliphatic heterocycles. The first-order valence-electron chi connectivity index (χ1n) is 6.92. The lowest BCUT2D eigenvalue weighted by Crippen LogP contribution is -2.46. The largest absolute Gasteiger partial charge is 0.389 e. The van der Waals surface area contributed by atoms with Crippen molar-refractivity contribution in [1.29, 1.82) is 0 Å². The van der Waals surface area contributed by atoms with Crippen LogP contribution in [0.15, 0.2) is 18.2 Å². The number of aliphatic hydroxyl groups is 1. The standard InChI is InChI=1S/C15H21F2NO/c1-2-8-18-9-6-15(19,7-10-18)11-12-13(16)4-3-5-14(12)17/h3-5,19H,2,6-11H2,1H3. The van der Waals surface area contributed by atoms with Gasteiger partial charge in [0.1, 0.15) is 11.6 Å². The molecule has 0 amide bonds. The molecule has 2 nitrogen and oxygen atoms in total. The van der Waals surface area contributed by atoms with Crippen LogP contribution in [0.4, 0.5) is 8.78 Å². The Balaban J connectivity index is 2.03. The summed E-state index contributed by atoms with van der Waals surface area (Å²) < 4.78 is 27.2. The zero-order valence-electron chi connectivity index (χ0n) is 11.3. The lowest BCUT2D eigenvalue weighted by molar-refractivity contribution is -0.0216. The van der Waals surface area contributed by atoms with E-state index in [0.717, 1.165) is 26.1 Å². The van der Waals surface area contributed by atoms with Crippen LogP contribution < -0.4 is 0 Å². The summed E-state index contributed by atoms with van der Waals surface area (Å²) in [5.74, 6) is -1.13. The number of hydrogen-bond donors (Lipinski definition) is 1. The predicted molar refractivity (Wildman–Crippen MR) is 71.0 cm³/mol. The van der Waals surface area contributed by atoms with Crippen molar-refractivity contribution in [1.82, 2.24) is 4.90 Å². The highest BCUT2D eigenvalue weighted by atomic mass is 19.1. The molecule has 0 atom stereocenters. The molecule has 1 saturated heterocycles. The number of rotatable bonds is 4. The van der Waals surface area contributed by atoms with Crippen molar-refractivity contribution in [2.24, 2.45) is 0 Å². The zero-order valence-corrected chi connectivity index (χ0v) is 11.3. The molecule has 1 heterocycles. The van der Waals surface area contributed by atoms with Crippen molar-refractivity contribution in [2.45, 2.75) is 38.2 Å². The van der Waals surface area contributed by atoms with Crippen molar-refractivity contribution < 1.29 is 13.9 Å². The van der Waals surface area contributed by atoms with Crippen LogP contribution in [-0.4, -0.2) is 35.2 Å². The fourth-order valence-corrected chi connectivity index (χ4v) is 2.72. The second kappa shape index (κ2) is 5.97. The normalized spacial score (nSPS) is 19.6. The first-order chi connectivity index (χ1) is 9.04. The van der Waals surface area contributed by atoms with Crippen molar-refractivity contribution >= 4 is 0 Å². The Bertz CT molecular complexity index is 408. The van der Waals surface area contributed by atoms with Gasteiger partial charge in [-0.2, -0.15) is 0 Å². The lowest BCUT2D eigenvalue weighted by Gasteiger charge is -2.38. The minimum absolute atomic E-state index is 0.00828. The first kappa shape index (κ1) is 14.4. The third-order valence-electron chi connectivity index (χ3n) is 3.89. The van der Waals surface area contributed by atoms with E-state index < -0.39 is 17.2 Å². The van der Waals surface area contributed by atoms with Crippen LogP contribution in [0.5, 0.6) is 0 Å². The van der Waals surface area contributed by atoms with Crippen LogP contribution in [0.2, 0.25) is 0 Å². The summed E-state index contributed by atoms with van der Waals surface area (Å²) in [7, 11) is 0. The number of nitrogens with zero attached hydrogens (tertiary/aromatic N) is 1. The van der Waals surface area contributed by atoms with Gasteiger partial charge in [0, 0.05) is 25.1 Å². The van der Waals surface area contributed by atoms with E-state index in [0.29, 0.717) is 12.8 Å². The first-order valence-corrected chi connectivity index (χ1v) is 6.92. The Morgan fingerprint density at radius 1 is 1.21 bits per heavy atom. The van der Waals surface area contributed by atoms with Gasteiger partial charge in [-0.05, 0) is 37.9 Å². The third kappa shape index (κ3) is 3.51. The van der Waals surface area contributed by atoms with Gasteiger partial charge in [0.25, 0.3) is 0 Å². The molecule has 2 rings (SSSR count). The molecule has 1 aromatic carbocycles. The number of piperidine rings is 1. The molecule has 0 aromatic heterocycles. The second-order valence-corrected chi connectivity index (χ2v) is 5.44. The molecule has 0 aliphatic carbocycles. The Morgan fingerprint density at radius 3 is 2.32 bits per heavy atom. The summed E-state index contributed by atoms with van der Waals surface area (Å²) in [6.07, 6.45) is 2.29. The molecule has 4 heteroatoms. The molecule has 19 heavy (non-hydrogen) atoms. The van der Waals surface area contributed by atoms with Gasteiger partial charge in [0.15, 0.2) is 0 Å². The smallest absolute Gasteiger partial charge is 0.129 e. The minimum Gasteiger partial charge on any atom is -0.389 e. The van der Waals surface area contributed by atoms with Crippen LogP contribution in [0.1, 0.15) is 31.7 Å². The van der Waals surface area contributed by atoms with Crippen LogP contribution in [0, 0.1) is 11.6 Å². The summed E-state index contributed by atoms with van der Waals surface area (Å²) in [6.45, 7) is 4.72. The summed E-state index contributed by atoms with van der Waals surface area (Å²) in [5, 5.41) is 10.5. The summed E-state index contributed by atoms with van der Waals surface area (Å²) in [4.78, 5) is 2.28. The van der Waals surface area contributed by atoms with E-state index in [1.807, 2.05) is 0 Å². The molecular weight excluding hydrogens is 248 g/mol. The number of likely N-dealkylation sites (tertiary alicyclic amines) is 1. The average Bonchev–Trinajstić information content (AvgIpc) is 2.38. The Hall–Kier alpha value is -1.00. The Labute approximate surface area is 113 Å². The van der Waals surface area contributed by atoms with Gasteiger partial charge in [-0.3, -0.25) is 0 Å². The molecular formula is C15H21F2NO. The highest BCUT2D eigenvalue weighted by Crippen LogP contribution is 2.28. The van der Waals surface area contributed by atoms with E-state index in [1.165, 1.54) is 18.2 Å². The van der Waals surface area contributed by atoms with Gasteiger partial charge in [-0.15, -0.1) is 0 Å². The van der Waals surface area contributed by atoms with Gasteiger partial charge in [-0.1, -0.05) is 13.0 Å².